The molecule has 0 bridgehead atoms. The summed E-state index contributed by atoms with van der Waals surface area (Å²) in [7, 11) is 0. The van der Waals surface area contributed by atoms with Crippen molar-refractivity contribution in [2.75, 3.05) is 0 Å². The molecule has 1 heterocycles. The van der Waals surface area contributed by atoms with Gasteiger partial charge in [-0.2, -0.15) is 0 Å². The van der Waals surface area contributed by atoms with Gasteiger partial charge in [0.2, 0.25) is 0 Å². The van der Waals surface area contributed by atoms with Crippen molar-refractivity contribution in [3.8, 4) is 0 Å². The highest BCUT2D eigenvalue weighted by Gasteiger charge is 2.07. The second kappa shape index (κ2) is 5.36. The summed E-state index contributed by atoms with van der Waals surface area (Å²) >= 11 is 0. The third kappa shape index (κ3) is 2.90. The molecule has 0 aliphatic rings. The Bertz CT molecular complexity index is 268. The normalized spacial score (nSPS) is 8.62. The summed E-state index contributed by atoms with van der Waals surface area (Å²) in [6.45, 7) is 15.3. The topological polar surface area (TPSA) is 26.0 Å². The highest BCUT2D eigenvalue weighted by atomic mass is 16.3. The first-order chi connectivity index (χ1) is 6.13. The van der Waals surface area contributed by atoms with E-state index < -0.39 is 0 Å². The van der Waals surface area contributed by atoms with E-state index in [4.69, 9.17) is 4.42 Å². The van der Waals surface area contributed by atoms with Crippen LogP contribution in [0.1, 0.15) is 39.1 Å². The quantitative estimate of drug-likeness (QED) is 0.690. The zero-order valence-electron chi connectivity index (χ0n) is 8.85. The van der Waals surface area contributed by atoms with Crippen molar-refractivity contribution in [2.45, 2.75) is 27.7 Å². The molecule has 0 unspecified atom stereocenters. The Hall–Kier alpha value is -1.31. The maximum Gasteiger partial charge on any atom is 0.182 e. The molecule has 13 heavy (non-hydrogen) atoms. The maximum absolute atomic E-state index is 5.12. The Labute approximate surface area is 80.0 Å². The van der Waals surface area contributed by atoms with Gasteiger partial charge in [-0.25, -0.2) is 4.98 Å². The van der Waals surface area contributed by atoms with E-state index >= 15 is 0 Å². The Morgan fingerprint density at radius 1 is 1.23 bits per heavy atom. The van der Waals surface area contributed by atoms with Crippen LogP contribution in [0.5, 0.6) is 0 Å². The maximum atomic E-state index is 5.12. The molecule has 0 atom stereocenters. The van der Waals surface area contributed by atoms with Crippen LogP contribution >= 0.6 is 0 Å². The highest BCUT2D eigenvalue weighted by molar-refractivity contribution is 5.70. The van der Waals surface area contributed by atoms with Crippen molar-refractivity contribution in [2.24, 2.45) is 0 Å². The van der Waals surface area contributed by atoms with E-state index in [1.165, 1.54) is 6.39 Å². The molecule has 0 saturated carbocycles. The molecule has 0 saturated heterocycles. The van der Waals surface area contributed by atoms with E-state index in [9.17, 15) is 0 Å². The summed E-state index contributed by atoms with van der Waals surface area (Å²) in [6, 6.07) is 0. The lowest BCUT2D eigenvalue weighted by Crippen LogP contribution is -1.83. The average molecular weight is 179 g/mol. The van der Waals surface area contributed by atoms with Gasteiger partial charge in [0.15, 0.2) is 12.2 Å². The Kier molecular flexibility index (Phi) is 4.82. The van der Waals surface area contributed by atoms with Crippen LogP contribution in [0.4, 0.5) is 0 Å². The fourth-order valence-electron chi connectivity index (χ4n) is 0.853. The van der Waals surface area contributed by atoms with Crippen LogP contribution in [-0.4, -0.2) is 4.98 Å². The third-order valence-electron chi connectivity index (χ3n) is 1.36. The zero-order chi connectivity index (χ0) is 10.4. The molecule has 1 aromatic rings. The lowest BCUT2D eigenvalue weighted by Gasteiger charge is -1.96. The largest absolute Gasteiger partial charge is 0.443 e. The minimum absolute atomic E-state index is 0.734. The minimum Gasteiger partial charge on any atom is -0.443 e. The van der Waals surface area contributed by atoms with Crippen LogP contribution in [-0.2, 0) is 0 Å². The van der Waals surface area contributed by atoms with E-state index in [2.05, 4.69) is 18.1 Å². The SMILES string of the molecule is C=C(C)c1ncoc1C(=C)C.CC. The van der Waals surface area contributed by atoms with Gasteiger partial charge >= 0.3 is 0 Å². The van der Waals surface area contributed by atoms with Crippen molar-refractivity contribution in [1.82, 2.24) is 4.98 Å². The number of hydrogen-bond acceptors (Lipinski definition) is 2. The number of nitrogens with zero attached hydrogens (tertiary/aromatic N) is 1. The lowest BCUT2D eigenvalue weighted by molar-refractivity contribution is 0.544. The lowest BCUT2D eigenvalue weighted by atomic mass is 10.1. The Morgan fingerprint density at radius 2 is 1.77 bits per heavy atom. The van der Waals surface area contributed by atoms with Gasteiger partial charge in [-0.3, -0.25) is 0 Å². The van der Waals surface area contributed by atoms with E-state index in [0.717, 1.165) is 22.6 Å². The molecule has 0 N–H and O–H groups in total. The van der Waals surface area contributed by atoms with Crippen molar-refractivity contribution >= 4 is 11.1 Å². The predicted octanol–water partition coefficient (Wildman–Crippen LogP) is 3.77. The first kappa shape index (κ1) is 11.7. The summed E-state index contributed by atoms with van der Waals surface area (Å²) in [5.74, 6) is 0.734. The fourth-order valence-corrected chi connectivity index (χ4v) is 0.853. The molecule has 0 spiro atoms. The van der Waals surface area contributed by atoms with Crippen LogP contribution < -0.4 is 0 Å². The van der Waals surface area contributed by atoms with E-state index in [1.807, 2.05) is 27.7 Å². The standard InChI is InChI=1S/C9H11NO.C2H6/c1-6(2)8-9(7(3)4)11-5-10-8;1-2/h5H,1,3H2,2,4H3;1-2H3. The molecule has 0 fully saturated rings. The van der Waals surface area contributed by atoms with Crippen LogP contribution in [0.25, 0.3) is 11.1 Å². The molecule has 1 aromatic heterocycles. The number of hydrogen-bond donors (Lipinski definition) is 0. The van der Waals surface area contributed by atoms with Gasteiger partial charge < -0.3 is 4.42 Å². The summed E-state index contributed by atoms with van der Waals surface area (Å²) in [5.41, 5.74) is 2.58. The van der Waals surface area contributed by atoms with Gasteiger partial charge in [0.1, 0.15) is 5.69 Å². The monoisotopic (exact) mass is 179 g/mol. The van der Waals surface area contributed by atoms with E-state index in [0.29, 0.717) is 0 Å². The smallest absolute Gasteiger partial charge is 0.182 e. The van der Waals surface area contributed by atoms with Crippen molar-refractivity contribution in [1.29, 1.82) is 0 Å². The van der Waals surface area contributed by atoms with Crippen molar-refractivity contribution in [3.63, 3.8) is 0 Å². The van der Waals surface area contributed by atoms with Crippen LogP contribution in [0.2, 0.25) is 0 Å². The third-order valence-corrected chi connectivity index (χ3v) is 1.36. The number of allylic oxidation sites excluding steroid dienone is 2. The second-order valence-corrected chi connectivity index (χ2v) is 2.59. The highest BCUT2D eigenvalue weighted by Crippen LogP contribution is 2.21. The Balaban J connectivity index is 0.000000671. The molecule has 72 valence electrons. The molecule has 1 rings (SSSR count). The van der Waals surface area contributed by atoms with E-state index in [1.54, 1.807) is 0 Å². The van der Waals surface area contributed by atoms with Crippen LogP contribution in [0, 0.1) is 0 Å². The van der Waals surface area contributed by atoms with E-state index in [-0.39, 0.29) is 0 Å². The number of rotatable bonds is 2. The summed E-state index contributed by atoms with van der Waals surface area (Å²) < 4.78 is 5.12. The van der Waals surface area contributed by atoms with Gasteiger partial charge in [0.25, 0.3) is 0 Å². The predicted molar refractivity (Wildman–Crippen MR) is 57.3 cm³/mol. The molecule has 0 amide bonds. The second-order valence-electron chi connectivity index (χ2n) is 2.59. The molecule has 2 nitrogen and oxygen atoms in total. The van der Waals surface area contributed by atoms with Gasteiger partial charge in [-0.15, -0.1) is 0 Å². The molecule has 0 aromatic carbocycles. The summed E-state index contributed by atoms with van der Waals surface area (Å²) in [5, 5.41) is 0. The first-order valence-electron chi connectivity index (χ1n) is 4.38. The molecule has 0 radical (unpaired) electrons. The number of aromatic nitrogens is 1. The van der Waals surface area contributed by atoms with Crippen LogP contribution in [0.15, 0.2) is 24.0 Å². The first-order valence-corrected chi connectivity index (χ1v) is 4.38. The van der Waals surface area contributed by atoms with Gasteiger partial charge in [0.05, 0.1) is 0 Å². The fraction of sp³-hybridized carbons (Fsp3) is 0.364. The minimum atomic E-state index is 0.734. The number of oxazole rings is 1. The van der Waals surface area contributed by atoms with Crippen molar-refractivity contribution in [3.05, 3.63) is 31.0 Å². The molecular weight excluding hydrogens is 162 g/mol. The average Bonchev–Trinajstić information content (AvgIpc) is 2.55. The molecular formula is C11H17NO. The summed E-state index contributed by atoms with van der Waals surface area (Å²) in [6.07, 6.45) is 1.41. The molecule has 2 heteroatoms. The van der Waals surface area contributed by atoms with Gasteiger partial charge in [-0.05, 0) is 25.0 Å². The zero-order valence-corrected chi connectivity index (χ0v) is 8.85. The van der Waals surface area contributed by atoms with Gasteiger partial charge in [0, 0.05) is 0 Å². The van der Waals surface area contributed by atoms with Gasteiger partial charge in [-0.1, -0.05) is 27.0 Å². The molecule has 0 aliphatic heterocycles. The van der Waals surface area contributed by atoms with Crippen LogP contribution in [0.3, 0.4) is 0 Å². The summed E-state index contributed by atoms with van der Waals surface area (Å²) in [4.78, 5) is 4.01. The Morgan fingerprint density at radius 3 is 2.08 bits per heavy atom. The molecule has 0 aliphatic carbocycles. The van der Waals surface area contributed by atoms with Crippen molar-refractivity contribution < 1.29 is 4.42 Å².